The summed E-state index contributed by atoms with van der Waals surface area (Å²) in [5.41, 5.74) is 8.73. The molecular formula is C20H26ClN3O2. The molecule has 5 nitrogen and oxygen atoms in total. The molecule has 0 bridgehead atoms. The molecule has 2 aromatic rings. The molecule has 3 rings (SSSR count). The Labute approximate surface area is 160 Å². The van der Waals surface area contributed by atoms with Crippen LogP contribution in [0.3, 0.4) is 0 Å². The summed E-state index contributed by atoms with van der Waals surface area (Å²) in [6, 6.07) is 11.6. The van der Waals surface area contributed by atoms with Gasteiger partial charge in [-0.2, -0.15) is 0 Å². The first-order valence-electron chi connectivity index (χ1n) is 8.97. The van der Waals surface area contributed by atoms with E-state index in [0.29, 0.717) is 26.1 Å². The Morgan fingerprint density at radius 2 is 1.88 bits per heavy atom. The van der Waals surface area contributed by atoms with Crippen molar-refractivity contribution in [3.8, 4) is 0 Å². The third-order valence-electron chi connectivity index (χ3n) is 4.70. The first-order chi connectivity index (χ1) is 12.2. The van der Waals surface area contributed by atoms with Crippen molar-refractivity contribution < 1.29 is 4.79 Å². The van der Waals surface area contributed by atoms with E-state index in [1.165, 1.54) is 0 Å². The second-order valence-corrected chi connectivity index (χ2v) is 6.58. The van der Waals surface area contributed by atoms with Crippen molar-refractivity contribution in [3.05, 3.63) is 69.1 Å². The maximum absolute atomic E-state index is 13.0. The van der Waals surface area contributed by atoms with Crippen LogP contribution in [0.1, 0.15) is 46.4 Å². The summed E-state index contributed by atoms with van der Waals surface area (Å²) in [4.78, 5) is 30.1. The van der Waals surface area contributed by atoms with Gasteiger partial charge in [-0.15, -0.1) is 12.4 Å². The lowest BCUT2D eigenvalue weighted by molar-refractivity contribution is 0.0740. The van der Waals surface area contributed by atoms with Gasteiger partial charge in [-0.3, -0.25) is 9.59 Å². The minimum absolute atomic E-state index is 0. The van der Waals surface area contributed by atoms with E-state index in [0.717, 1.165) is 42.5 Å². The third kappa shape index (κ3) is 4.74. The van der Waals surface area contributed by atoms with Gasteiger partial charge in [0.15, 0.2) is 0 Å². The van der Waals surface area contributed by atoms with Gasteiger partial charge in [0.25, 0.3) is 11.5 Å². The summed E-state index contributed by atoms with van der Waals surface area (Å²) in [5, 5.41) is 0. The molecule has 0 unspecified atom stereocenters. The number of rotatable bonds is 6. The second-order valence-electron chi connectivity index (χ2n) is 6.58. The average molecular weight is 376 g/mol. The maximum atomic E-state index is 13.0. The highest BCUT2D eigenvalue weighted by Gasteiger charge is 2.21. The van der Waals surface area contributed by atoms with Crippen LogP contribution >= 0.6 is 12.4 Å². The van der Waals surface area contributed by atoms with Crippen molar-refractivity contribution in [2.24, 2.45) is 5.73 Å². The summed E-state index contributed by atoms with van der Waals surface area (Å²) in [7, 11) is 0. The van der Waals surface area contributed by atoms with Crippen LogP contribution in [0.4, 0.5) is 0 Å². The molecule has 1 heterocycles. The molecule has 0 aliphatic heterocycles. The molecule has 0 radical (unpaired) electrons. The van der Waals surface area contributed by atoms with Crippen LogP contribution in [0.15, 0.2) is 41.2 Å². The second kappa shape index (κ2) is 9.55. The number of aromatic nitrogens is 1. The monoisotopic (exact) mass is 375 g/mol. The number of nitrogens with two attached hydrogens (primary N) is 1. The fourth-order valence-corrected chi connectivity index (χ4v) is 3.34. The molecule has 0 spiro atoms. The molecule has 140 valence electrons. The number of benzene rings is 1. The maximum Gasteiger partial charge on any atom is 0.261 e. The Morgan fingerprint density at radius 1 is 1.15 bits per heavy atom. The molecular weight excluding hydrogens is 350 g/mol. The van der Waals surface area contributed by atoms with E-state index in [1.807, 2.05) is 30.3 Å². The number of hydrogen-bond acceptors (Lipinski definition) is 3. The fraction of sp³-hybridized carbons (Fsp3) is 0.400. The number of carbonyl (C=O) groups is 1. The topological polar surface area (TPSA) is 79.2 Å². The number of carbonyl (C=O) groups excluding carboxylic acids is 1. The molecule has 0 saturated heterocycles. The van der Waals surface area contributed by atoms with Gasteiger partial charge >= 0.3 is 0 Å². The number of aromatic amines is 1. The van der Waals surface area contributed by atoms with Gasteiger partial charge in [-0.05, 0) is 55.8 Å². The first-order valence-corrected chi connectivity index (χ1v) is 8.97. The van der Waals surface area contributed by atoms with Crippen LogP contribution in [-0.2, 0) is 19.4 Å². The Bertz CT molecular complexity index is 789. The third-order valence-corrected chi connectivity index (χ3v) is 4.70. The average Bonchev–Trinajstić information content (AvgIpc) is 2.65. The van der Waals surface area contributed by atoms with Gasteiger partial charge in [-0.1, -0.05) is 30.3 Å². The van der Waals surface area contributed by atoms with Gasteiger partial charge < -0.3 is 15.6 Å². The number of fused-ring (bicyclic) bond motifs is 1. The van der Waals surface area contributed by atoms with Crippen LogP contribution in [0.25, 0.3) is 0 Å². The van der Waals surface area contributed by atoms with Crippen molar-refractivity contribution >= 4 is 18.3 Å². The Hall–Kier alpha value is -2.11. The molecule has 0 fully saturated rings. The SMILES string of the molecule is Cl.NCCCN(Cc1ccccc1)C(=O)c1cc2c([nH]c1=O)CCCC2. The molecule has 0 saturated carbocycles. The number of amides is 1. The molecule has 0 atom stereocenters. The zero-order valence-corrected chi connectivity index (χ0v) is 15.7. The van der Waals surface area contributed by atoms with E-state index in [-0.39, 0.29) is 29.4 Å². The normalized spacial score (nSPS) is 12.8. The quantitative estimate of drug-likeness (QED) is 0.814. The van der Waals surface area contributed by atoms with Crippen LogP contribution in [0, 0.1) is 0 Å². The van der Waals surface area contributed by atoms with E-state index in [2.05, 4.69) is 4.98 Å². The van der Waals surface area contributed by atoms with Gasteiger partial charge in [-0.25, -0.2) is 0 Å². The van der Waals surface area contributed by atoms with Crippen molar-refractivity contribution in [1.82, 2.24) is 9.88 Å². The van der Waals surface area contributed by atoms with Crippen molar-refractivity contribution in [1.29, 1.82) is 0 Å². The highest BCUT2D eigenvalue weighted by molar-refractivity contribution is 5.94. The summed E-state index contributed by atoms with van der Waals surface area (Å²) in [6.07, 6.45) is 4.72. The highest BCUT2D eigenvalue weighted by Crippen LogP contribution is 2.19. The molecule has 1 aliphatic rings. The molecule has 1 aliphatic carbocycles. The lowest BCUT2D eigenvalue weighted by atomic mass is 9.95. The molecule has 1 amide bonds. The van der Waals surface area contributed by atoms with E-state index in [1.54, 1.807) is 11.0 Å². The number of hydrogen-bond donors (Lipinski definition) is 2. The standard InChI is InChI=1S/C20H25N3O2.ClH/c21-11-6-12-23(14-15-7-2-1-3-8-15)20(25)17-13-16-9-4-5-10-18(16)22-19(17)24;/h1-3,7-8,13H,4-6,9-12,14,21H2,(H,22,24);1H. The predicted octanol–water partition coefficient (Wildman–Crippen LogP) is 2.67. The van der Waals surface area contributed by atoms with Crippen LogP contribution in [0.5, 0.6) is 0 Å². The fourth-order valence-electron chi connectivity index (χ4n) is 3.34. The highest BCUT2D eigenvalue weighted by atomic mass is 35.5. The molecule has 1 aromatic heterocycles. The number of nitrogens with one attached hydrogen (secondary N) is 1. The Morgan fingerprint density at radius 3 is 2.62 bits per heavy atom. The zero-order valence-electron chi connectivity index (χ0n) is 14.9. The van der Waals surface area contributed by atoms with Gasteiger partial charge in [0.05, 0.1) is 0 Å². The van der Waals surface area contributed by atoms with E-state index < -0.39 is 0 Å². The number of nitrogens with zero attached hydrogens (tertiary/aromatic N) is 1. The predicted molar refractivity (Wildman–Crippen MR) is 106 cm³/mol. The van der Waals surface area contributed by atoms with Crippen molar-refractivity contribution in [2.45, 2.75) is 38.6 Å². The van der Waals surface area contributed by atoms with Crippen LogP contribution in [0.2, 0.25) is 0 Å². The molecule has 3 N–H and O–H groups in total. The van der Waals surface area contributed by atoms with Gasteiger partial charge in [0.2, 0.25) is 0 Å². The Kier molecular flexibility index (Phi) is 7.42. The lowest BCUT2D eigenvalue weighted by Gasteiger charge is -2.23. The van der Waals surface area contributed by atoms with E-state index in [4.69, 9.17) is 5.73 Å². The van der Waals surface area contributed by atoms with E-state index >= 15 is 0 Å². The molecule has 26 heavy (non-hydrogen) atoms. The summed E-state index contributed by atoms with van der Waals surface area (Å²) in [6.45, 7) is 1.54. The van der Waals surface area contributed by atoms with Crippen LogP contribution in [-0.4, -0.2) is 28.9 Å². The minimum atomic E-state index is -0.281. The number of halogens is 1. The smallest absolute Gasteiger partial charge is 0.261 e. The van der Waals surface area contributed by atoms with Crippen molar-refractivity contribution in [3.63, 3.8) is 0 Å². The minimum Gasteiger partial charge on any atom is -0.334 e. The van der Waals surface area contributed by atoms with Gasteiger partial charge in [0.1, 0.15) is 5.56 Å². The van der Waals surface area contributed by atoms with Crippen LogP contribution < -0.4 is 11.3 Å². The lowest BCUT2D eigenvalue weighted by Crippen LogP contribution is -2.36. The van der Waals surface area contributed by atoms with Gasteiger partial charge in [0, 0.05) is 18.8 Å². The zero-order chi connectivity index (χ0) is 17.6. The molecule has 1 aromatic carbocycles. The summed E-state index contributed by atoms with van der Waals surface area (Å²) >= 11 is 0. The molecule has 6 heteroatoms. The number of pyridine rings is 1. The Balaban J connectivity index is 0.00000243. The summed E-state index contributed by atoms with van der Waals surface area (Å²) < 4.78 is 0. The first kappa shape index (κ1) is 20.2. The largest absolute Gasteiger partial charge is 0.334 e. The summed E-state index contributed by atoms with van der Waals surface area (Å²) in [5.74, 6) is -0.216. The number of aryl methyl sites for hydroxylation is 2. The number of H-pyrrole nitrogens is 1. The van der Waals surface area contributed by atoms with E-state index in [9.17, 15) is 9.59 Å². The van der Waals surface area contributed by atoms with Crippen molar-refractivity contribution in [2.75, 3.05) is 13.1 Å².